The molecular formula is C16H20N2O. The summed E-state index contributed by atoms with van der Waals surface area (Å²) in [5, 5.41) is 0. The number of hydrogen-bond acceptors (Lipinski definition) is 3. The van der Waals surface area contributed by atoms with Crippen LogP contribution in [-0.4, -0.2) is 20.7 Å². The highest BCUT2D eigenvalue weighted by Gasteiger charge is 2.10. The van der Waals surface area contributed by atoms with Gasteiger partial charge < -0.3 is 15.4 Å². The smallest absolute Gasteiger partial charge is 0.142 e. The van der Waals surface area contributed by atoms with Gasteiger partial charge in [-0.25, -0.2) is 0 Å². The van der Waals surface area contributed by atoms with Crippen LogP contribution in [-0.2, 0) is 6.42 Å². The zero-order chi connectivity index (χ0) is 13.7. The number of nitrogens with zero attached hydrogens (tertiary/aromatic N) is 1. The molecule has 3 nitrogen and oxygen atoms in total. The van der Waals surface area contributed by atoms with Gasteiger partial charge in [-0.2, -0.15) is 0 Å². The van der Waals surface area contributed by atoms with E-state index in [4.69, 9.17) is 10.5 Å². The minimum atomic E-state index is 0.654. The Bertz CT molecular complexity index is 526. The van der Waals surface area contributed by atoms with Crippen molar-refractivity contribution in [1.82, 2.24) is 0 Å². The van der Waals surface area contributed by atoms with Crippen molar-refractivity contribution in [2.24, 2.45) is 5.73 Å². The summed E-state index contributed by atoms with van der Waals surface area (Å²) >= 11 is 0. The summed E-state index contributed by atoms with van der Waals surface area (Å²) in [6.07, 6.45) is 0.875. The van der Waals surface area contributed by atoms with E-state index < -0.39 is 0 Å². The molecule has 0 heterocycles. The monoisotopic (exact) mass is 256 g/mol. The zero-order valence-electron chi connectivity index (χ0n) is 11.5. The fourth-order valence-corrected chi connectivity index (χ4v) is 2.11. The lowest BCUT2D eigenvalue weighted by Crippen LogP contribution is -2.11. The molecule has 100 valence electrons. The van der Waals surface area contributed by atoms with Crippen molar-refractivity contribution in [3.05, 3.63) is 54.1 Å². The second kappa shape index (κ2) is 6.25. The number of anilines is 2. The van der Waals surface area contributed by atoms with E-state index in [1.807, 2.05) is 31.3 Å². The summed E-state index contributed by atoms with van der Waals surface area (Å²) in [6.45, 7) is 0.654. The molecule has 19 heavy (non-hydrogen) atoms. The van der Waals surface area contributed by atoms with Crippen molar-refractivity contribution in [3.8, 4) is 5.75 Å². The quantitative estimate of drug-likeness (QED) is 0.894. The Morgan fingerprint density at radius 3 is 2.47 bits per heavy atom. The maximum atomic E-state index is 5.62. The first-order chi connectivity index (χ1) is 9.26. The van der Waals surface area contributed by atoms with Crippen molar-refractivity contribution in [3.63, 3.8) is 0 Å². The first-order valence-corrected chi connectivity index (χ1v) is 6.42. The van der Waals surface area contributed by atoms with Gasteiger partial charge in [-0.05, 0) is 42.8 Å². The van der Waals surface area contributed by atoms with E-state index >= 15 is 0 Å². The molecule has 0 saturated carbocycles. The lowest BCUT2D eigenvalue weighted by molar-refractivity contribution is 0.415. The number of rotatable bonds is 5. The molecule has 2 aromatic rings. The van der Waals surface area contributed by atoms with Crippen LogP contribution >= 0.6 is 0 Å². The fourth-order valence-electron chi connectivity index (χ4n) is 2.11. The van der Waals surface area contributed by atoms with E-state index in [2.05, 4.69) is 29.2 Å². The molecule has 0 aliphatic heterocycles. The minimum absolute atomic E-state index is 0.654. The van der Waals surface area contributed by atoms with Gasteiger partial charge >= 0.3 is 0 Å². The van der Waals surface area contributed by atoms with Crippen LogP contribution in [0.2, 0.25) is 0 Å². The molecule has 0 aliphatic rings. The molecule has 0 bridgehead atoms. The Labute approximate surface area is 114 Å². The Morgan fingerprint density at radius 1 is 1.11 bits per heavy atom. The van der Waals surface area contributed by atoms with Crippen LogP contribution in [0, 0.1) is 0 Å². The minimum Gasteiger partial charge on any atom is -0.495 e. The Kier molecular flexibility index (Phi) is 4.42. The van der Waals surface area contributed by atoms with Gasteiger partial charge in [-0.15, -0.1) is 0 Å². The van der Waals surface area contributed by atoms with E-state index in [0.29, 0.717) is 6.54 Å². The average molecular weight is 256 g/mol. The van der Waals surface area contributed by atoms with Gasteiger partial charge in [-0.1, -0.05) is 24.3 Å². The normalized spacial score (nSPS) is 10.3. The maximum absolute atomic E-state index is 5.62. The first-order valence-electron chi connectivity index (χ1n) is 6.42. The van der Waals surface area contributed by atoms with E-state index in [1.165, 1.54) is 5.56 Å². The first kappa shape index (κ1) is 13.4. The van der Waals surface area contributed by atoms with E-state index in [9.17, 15) is 0 Å². The van der Waals surface area contributed by atoms with Gasteiger partial charge in [0, 0.05) is 12.7 Å². The standard InChI is InChI=1S/C16H20N2O/c1-18(14-6-4-3-5-7-14)15-12-13(10-11-17)8-9-16(15)19-2/h3-9,12H,10-11,17H2,1-2H3. The predicted octanol–water partition coefficient (Wildman–Crippen LogP) is 2.96. The Balaban J connectivity index is 2.38. The summed E-state index contributed by atoms with van der Waals surface area (Å²) in [4.78, 5) is 2.12. The van der Waals surface area contributed by atoms with E-state index in [-0.39, 0.29) is 0 Å². The summed E-state index contributed by atoms with van der Waals surface area (Å²) in [5.74, 6) is 0.868. The van der Waals surface area contributed by atoms with Gasteiger partial charge in [0.05, 0.1) is 12.8 Å². The average Bonchev–Trinajstić information content (AvgIpc) is 2.47. The van der Waals surface area contributed by atoms with Crippen molar-refractivity contribution in [2.45, 2.75) is 6.42 Å². The largest absolute Gasteiger partial charge is 0.495 e. The third-order valence-electron chi connectivity index (χ3n) is 3.18. The molecule has 0 aromatic heterocycles. The third-order valence-corrected chi connectivity index (χ3v) is 3.18. The van der Waals surface area contributed by atoms with Gasteiger partial charge in [0.2, 0.25) is 0 Å². The van der Waals surface area contributed by atoms with E-state index in [1.54, 1.807) is 7.11 Å². The maximum Gasteiger partial charge on any atom is 0.142 e. The molecule has 0 radical (unpaired) electrons. The Morgan fingerprint density at radius 2 is 1.84 bits per heavy atom. The van der Waals surface area contributed by atoms with Crippen LogP contribution in [0.1, 0.15) is 5.56 Å². The molecule has 2 rings (SSSR count). The van der Waals surface area contributed by atoms with Crippen LogP contribution in [0.15, 0.2) is 48.5 Å². The molecule has 0 atom stereocenters. The van der Waals surface area contributed by atoms with Crippen molar-refractivity contribution in [1.29, 1.82) is 0 Å². The molecule has 0 fully saturated rings. The summed E-state index contributed by atoms with van der Waals surface area (Å²) in [5.41, 5.74) is 9.03. The number of para-hydroxylation sites is 1. The molecule has 0 amide bonds. The van der Waals surface area contributed by atoms with Crippen LogP contribution < -0.4 is 15.4 Å². The van der Waals surface area contributed by atoms with E-state index in [0.717, 1.165) is 23.5 Å². The molecule has 0 unspecified atom stereocenters. The van der Waals surface area contributed by atoms with Crippen LogP contribution in [0.4, 0.5) is 11.4 Å². The van der Waals surface area contributed by atoms with Crippen LogP contribution in [0.3, 0.4) is 0 Å². The highest BCUT2D eigenvalue weighted by Crippen LogP contribution is 2.33. The van der Waals surface area contributed by atoms with Crippen LogP contribution in [0.25, 0.3) is 0 Å². The number of benzene rings is 2. The third kappa shape index (κ3) is 3.06. The van der Waals surface area contributed by atoms with Crippen molar-refractivity contribution >= 4 is 11.4 Å². The molecule has 0 saturated heterocycles. The number of ether oxygens (including phenoxy) is 1. The zero-order valence-corrected chi connectivity index (χ0v) is 11.5. The van der Waals surface area contributed by atoms with Gasteiger partial charge in [0.1, 0.15) is 5.75 Å². The number of hydrogen-bond donors (Lipinski definition) is 1. The highest BCUT2D eigenvalue weighted by molar-refractivity contribution is 5.69. The molecule has 2 N–H and O–H groups in total. The molecule has 0 spiro atoms. The molecule has 2 aromatic carbocycles. The fraction of sp³-hybridized carbons (Fsp3) is 0.250. The van der Waals surface area contributed by atoms with Crippen molar-refractivity contribution in [2.75, 3.05) is 25.6 Å². The van der Waals surface area contributed by atoms with Crippen molar-refractivity contribution < 1.29 is 4.74 Å². The predicted molar refractivity (Wildman–Crippen MR) is 80.3 cm³/mol. The SMILES string of the molecule is COc1ccc(CCN)cc1N(C)c1ccccc1. The van der Waals surface area contributed by atoms with Gasteiger partial charge in [0.15, 0.2) is 0 Å². The highest BCUT2D eigenvalue weighted by atomic mass is 16.5. The number of nitrogens with two attached hydrogens (primary N) is 1. The lowest BCUT2D eigenvalue weighted by atomic mass is 10.1. The van der Waals surface area contributed by atoms with Crippen LogP contribution in [0.5, 0.6) is 5.75 Å². The summed E-state index contributed by atoms with van der Waals surface area (Å²) in [7, 11) is 3.74. The summed E-state index contributed by atoms with van der Waals surface area (Å²) in [6, 6.07) is 16.4. The topological polar surface area (TPSA) is 38.5 Å². The second-order valence-electron chi connectivity index (χ2n) is 4.44. The molecule has 3 heteroatoms. The molecule has 0 aliphatic carbocycles. The van der Waals surface area contributed by atoms with Gasteiger partial charge in [0.25, 0.3) is 0 Å². The lowest BCUT2D eigenvalue weighted by Gasteiger charge is -2.22. The second-order valence-corrected chi connectivity index (χ2v) is 4.44. The molecular weight excluding hydrogens is 236 g/mol. The van der Waals surface area contributed by atoms with Gasteiger partial charge in [-0.3, -0.25) is 0 Å². The number of methoxy groups -OCH3 is 1. The Hall–Kier alpha value is -2.00. The summed E-state index contributed by atoms with van der Waals surface area (Å²) < 4.78 is 5.45.